The molecule has 2 rings (SSSR count). The van der Waals surface area contributed by atoms with Crippen LogP contribution < -0.4 is 5.73 Å². The molecule has 0 aromatic carbocycles. The number of urea groups is 1. The standard InChI is InChI=1S/C13H22N4O4/c1-9(12(19)20)15-5-7-16(8-6-15)13(21)17-4-2-3-10(17)11(14)18/h9-10H,2-8H2,1H3,(H2,14,18)(H,19,20). The fraction of sp³-hybridized carbons (Fsp3) is 0.769. The SMILES string of the molecule is CC(C(=O)O)N1CCN(C(=O)N2CCCC2C(N)=O)CC1. The van der Waals surface area contributed by atoms with Crippen LogP contribution in [0.5, 0.6) is 0 Å². The maximum absolute atomic E-state index is 12.4. The third-order valence-electron chi connectivity index (χ3n) is 4.32. The van der Waals surface area contributed by atoms with Crippen LogP contribution in [0.1, 0.15) is 19.8 Å². The van der Waals surface area contributed by atoms with Crippen LogP contribution in [0.3, 0.4) is 0 Å². The second-order valence-electron chi connectivity index (χ2n) is 5.57. The predicted octanol–water partition coefficient (Wildman–Crippen LogP) is -0.853. The third-order valence-corrected chi connectivity index (χ3v) is 4.32. The molecular formula is C13H22N4O4. The molecule has 0 aromatic rings. The molecule has 0 aromatic heterocycles. The maximum atomic E-state index is 12.4. The van der Waals surface area contributed by atoms with Crippen LogP contribution >= 0.6 is 0 Å². The van der Waals surface area contributed by atoms with Gasteiger partial charge < -0.3 is 20.6 Å². The molecule has 21 heavy (non-hydrogen) atoms. The van der Waals surface area contributed by atoms with Crippen molar-refractivity contribution in [1.82, 2.24) is 14.7 Å². The second-order valence-corrected chi connectivity index (χ2v) is 5.57. The molecule has 0 radical (unpaired) electrons. The van der Waals surface area contributed by atoms with E-state index in [0.717, 1.165) is 6.42 Å². The largest absolute Gasteiger partial charge is 0.480 e. The molecule has 3 amide bonds. The summed E-state index contributed by atoms with van der Waals surface area (Å²) >= 11 is 0. The van der Waals surface area contributed by atoms with E-state index in [2.05, 4.69) is 0 Å². The van der Waals surface area contributed by atoms with Gasteiger partial charge in [0.2, 0.25) is 5.91 Å². The number of piperazine rings is 1. The molecule has 2 aliphatic heterocycles. The van der Waals surface area contributed by atoms with Crippen molar-refractivity contribution in [2.24, 2.45) is 5.73 Å². The van der Waals surface area contributed by atoms with Crippen molar-refractivity contribution >= 4 is 17.9 Å². The molecule has 2 saturated heterocycles. The number of rotatable bonds is 3. The highest BCUT2D eigenvalue weighted by Gasteiger charge is 2.36. The molecule has 0 aliphatic carbocycles. The van der Waals surface area contributed by atoms with E-state index in [4.69, 9.17) is 10.8 Å². The highest BCUT2D eigenvalue weighted by atomic mass is 16.4. The lowest BCUT2D eigenvalue weighted by Crippen LogP contribution is -2.57. The highest BCUT2D eigenvalue weighted by Crippen LogP contribution is 2.19. The number of carbonyl (C=O) groups is 3. The number of hydrogen-bond acceptors (Lipinski definition) is 4. The van der Waals surface area contributed by atoms with Crippen LogP contribution in [-0.2, 0) is 9.59 Å². The van der Waals surface area contributed by atoms with Gasteiger partial charge in [-0.3, -0.25) is 14.5 Å². The monoisotopic (exact) mass is 298 g/mol. The topological polar surface area (TPSA) is 107 Å². The van der Waals surface area contributed by atoms with Gasteiger partial charge in [0, 0.05) is 32.7 Å². The average Bonchev–Trinajstić information content (AvgIpc) is 2.95. The number of primary amides is 1. The minimum absolute atomic E-state index is 0.168. The van der Waals surface area contributed by atoms with Crippen molar-refractivity contribution in [3.05, 3.63) is 0 Å². The van der Waals surface area contributed by atoms with Gasteiger partial charge in [-0.05, 0) is 19.8 Å². The first-order valence-electron chi connectivity index (χ1n) is 7.23. The van der Waals surface area contributed by atoms with Crippen LogP contribution in [0.4, 0.5) is 4.79 Å². The van der Waals surface area contributed by atoms with Gasteiger partial charge in [-0.15, -0.1) is 0 Å². The van der Waals surface area contributed by atoms with E-state index in [1.807, 2.05) is 4.90 Å². The number of likely N-dealkylation sites (tertiary alicyclic amines) is 1. The molecule has 2 unspecified atom stereocenters. The van der Waals surface area contributed by atoms with Crippen molar-refractivity contribution in [2.45, 2.75) is 31.8 Å². The number of aliphatic carboxylic acids is 1. The minimum atomic E-state index is -0.858. The van der Waals surface area contributed by atoms with Crippen molar-refractivity contribution < 1.29 is 19.5 Å². The van der Waals surface area contributed by atoms with Gasteiger partial charge in [0.25, 0.3) is 0 Å². The summed E-state index contributed by atoms with van der Waals surface area (Å²) in [6.07, 6.45) is 1.41. The summed E-state index contributed by atoms with van der Waals surface area (Å²) in [6.45, 7) is 4.18. The van der Waals surface area contributed by atoms with E-state index in [9.17, 15) is 14.4 Å². The number of carbonyl (C=O) groups excluding carboxylic acids is 2. The summed E-state index contributed by atoms with van der Waals surface area (Å²) in [4.78, 5) is 39.8. The van der Waals surface area contributed by atoms with E-state index in [-0.39, 0.29) is 6.03 Å². The van der Waals surface area contributed by atoms with Crippen molar-refractivity contribution in [3.63, 3.8) is 0 Å². The van der Waals surface area contributed by atoms with Gasteiger partial charge in [0.1, 0.15) is 12.1 Å². The summed E-state index contributed by atoms with van der Waals surface area (Å²) in [5, 5.41) is 9.00. The van der Waals surface area contributed by atoms with Crippen LogP contribution in [-0.4, -0.2) is 82.5 Å². The molecule has 8 nitrogen and oxygen atoms in total. The average molecular weight is 298 g/mol. The van der Waals surface area contributed by atoms with Gasteiger partial charge in [-0.1, -0.05) is 0 Å². The van der Waals surface area contributed by atoms with Gasteiger partial charge in [0.05, 0.1) is 0 Å². The molecule has 2 aliphatic rings. The van der Waals surface area contributed by atoms with E-state index in [1.54, 1.807) is 16.7 Å². The summed E-state index contributed by atoms with van der Waals surface area (Å²) in [5.41, 5.74) is 5.33. The Kier molecular flexibility index (Phi) is 4.66. The van der Waals surface area contributed by atoms with Crippen LogP contribution in [0.2, 0.25) is 0 Å². The van der Waals surface area contributed by atoms with Crippen molar-refractivity contribution in [2.75, 3.05) is 32.7 Å². The Bertz CT molecular complexity index is 434. The van der Waals surface area contributed by atoms with E-state index in [1.165, 1.54) is 0 Å². The first kappa shape index (κ1) is 15.6. The lowest BCUT2D eigenvalue weighted by atomic mass is 10.2. The normalized spacial score (nSPS) is 24.9. The van der Waals surface area contributed by atoms with Gasteiger partial charge >= 0.3 is 12.0 Å². The zero-order valence-electron chi connectivity index (χ0n) is 12.2. The van der Waals surface area contributed by atoms with Crippen molar-refractivity contribution in [1.29, 1.82) is 0 Å². The molecule has 0 bridgehead atoms. The van der Waals surface area contributed by atoms with E-state index in [0.29, 0.717) is 39.1 Å². The fourth-order valence-corrected chi connectivity index (χ4v) is 2.93. The lowest BCUT2D eigenvalue weighted by Gasteiger charge is -2.38. The number of carboxylic acids is 1. The molecule has 0 saturated carbocycles. The quantitative estimate of drug-likeness (QED) is 0.705. The smallest absolute Gasteiger partial charge is 0.320 e. The molecule has 8 heteroatoms. The Morgan fingerprint density at radius 1 is 1.14 bits per heavy atom. The molecule has 0 spiro atoms. The molecule has 3 N–H and O–H groups in total. The summed E-state index contributed by atoms with van der Waals surface area (Å²) in [5.74, 6) is -1.32. The predicted molar refractivity (Wildman–Crippen MR) is 74.6 cm³/mol. The molecule has 118 valence electrons. The Labute approximate surface area is 123 Å². The van der Waals surface area contributed by atoms with Crippen molar-refractivity contribution in [3.8, 4) is 0 Å². The summed E-state index contributed by atoms with van der Waals surface area (Å²) < 4.78 is 0. The van der Waals surface area contributed by atoms with Gasteiger partial charge in [-0.2, -0.15) is 0 Å². The Morgan fingerprint density at radius 3 is 2.29 bits per heavy atom. The summed E-state index contributed by atoms with van der Waals surface area (Å²) in [6, 6.07) is -1.22. The second kappa shape index (κ2) is 6.30. The van der Waals surface area contributed by atoms with Crippen LogP contribution in [0.15, 0.2) is 0 Å². The number of carboxylic acid groups (broad SMARTS) is 1. The Morgan fingerprint density at radius 2 is 1.76 bits per heavy atom. The molecule has 2 fully saturated rings. The Balaban J connectivity index is 1.91. The van der Waals surface area contributed by atoms with Crippen LogP contribution in [0, 0.1) is 0 Å². The number of nitrogens with two attached hydrogens (primary N) is 1. The number of amides is 3. The Hall–Kier alpha value is -1.83. The first-order chi connectivity index (χ1) is 9.91. The van der Waals surface area contributed by atoms with Gasteiger partial charge in [0.15, 0.2) is 0 Å². The molecular weight excluding hydrogens is 276 g/mol. The zero-order chi connectivity index (χ0) is 15.6. The number of hydrogen-bond donors (Lipinski definition) is 2. The lowest BCUT2D eigenvalue weighted by molar-refractivity contribution is -0.143. The zero-order valence-corrected chi connectivity index (χ0v) is 12.2. The van der Waals surface area contributed by atoms with Crippen LogP contribution in [0.25, 0.3) is 0 Å². The number of nitrogens with zero attached hydrogens (tertiary/aromatic N) is 3. The third kappa shape index (κ3) is 3.26. The molecule has 2 heterocycles. The highest BCUT2D eigenvalue weighted by molar-refractivity contribution is 5.86. The fourth-order valence-electron chi connectivity index (χ4n) is 2.93. The van der Waals surface area contributed by atoms with Gasteiger partial charge in [-0.25, -0.2) is 4.79 Å². The first-order valence-corrected chi connectivity index (χ1v) is 7.23. The minimum Gasteiger partial charge on any atom is -0.480 e. The van der Waals surface area contributed by atoms with E-state index >= 15 is 0 Å². The van der Waals surface area contributed by atoms with E-state index < -0.39 is 24.0 Å². The summed E-state index contributed by atoms with van der Waals surface area (Å²) in [7, 11) is 0. The maximum Gasteiger partial charge on any atom is 0.320 e. The molecule has 2 atom stereocenters.